The van der Waals surface area contributed by atoms with Crippen LogP contribution in [0.3, 0.4) is 0 Å². The van der Waals surface area contributed by atoms with Crippen LogP contribution in [-0.4, -0.2) is 31.0 Å². The Morgan fingerprint density at radius 2 is 2.29 bits per heavy atom. The van der Waals surface area contributed by atoms with Crippen molar-refractivity contribution in [3.05, 3.63) is 22.4 Å². The van der Waals surface area contributed by atoms with Gasteiger partial charge >= 0.3 is 0 Å². The van der Waals surface area contributed by atoms with Crippen molar-refractivity contribution in [2.75, 3.05) is 20.1 Å². The van der Waals surface area contributed by atoms with E-state index >= 15 is 0 Å². The molecule has 0 aliphatic heterocycles. The summed E-state index contributed by atoms with van der Waals surface area (Å²) in [4.78, 5) is 8.17. The molecular weight excluding hydrogens is 230 g/mol. The lowest BCUT2D eigenvalue weighted by molar-refractivity contribution is 0.465. The molecule has 0 fully saturated rings. The summed E-state index contributed by atoms with van der Waals surface area (Å²) >= 11 is 1.76. The number of nitrogens with zero attached hydrogens (tertiary/aromatic N) is 2. The monoisotopic (exact) mass is 253 g/mol. The molecule has 0 aliphatic carbocycles. The molecular formula is C13H23N3S. The van der Waals surface area contributed by atoms with Gasteiger partial charge in [0.25, 0.3) is 0 Å². The van der Waals surface area contributed by atoms with Crippen LogP contribution in [0.15, 0.2) is 22.5 Å². The van der Waals surface area contributed by atoms with Gasteiger partial charge in [0, 0.05) is 25.0 Å². The Hall–Kier alpha value is -1.03. The van der Waals surface area contributed by atoms with Crippen LogP contribution in [-0.2, 0) is 6.54 Å². The maximum atomic E-state index is 4.65. The first-order valence-electron chi connectivity index (χ1n) is 6.29. The molecule has 0 saturated carbocycles. The third-order valence-electron chi connectivity index (χ3n) is 2.51. The molecule has 0 saturated heterocycles. The molecule has 3 nitrogen and oxygen atoms in total. The van der Waals surface area contributed by atoms with E-state index in [1.807, 2.05) is 0 Å². The lowest BCUT2D eigenvalue weighted by atomic mass is 10.3. The van der Waals surface area contributed by atoms with Crippen LogP contribution in [0.4, 0.5) is 0 Å². The SMILES string of the molecule is CCCCN(C)C(=NCc1cccs1)NCC. The molecule has 1 aromatic heterocycles. The molecule has 0 amide bonds. The third-order valence-corrected chi connectivity index (χ3v) is 3.37. The lowest BCUT2D eigenvalue weighted by Crippen LogP contribution is -2.39. The van der Waals surface area contributed by atoms with Crippen molar-refractivity contribution in [2.24, 2.45) is 4.99 Å². The topological polar surface area (TPSA) is 27.6 Å². The Morgan fingerprint density at radius 1 is 1.47 bits per heavy atom. The Kier molecular flexibility index (Phi) is 6.70. The maximum Gasteiger partial charge on any atom is 0.194 e. The second-order valence-electron chi connectivity index (χ2n) is 4.02. The van der Waals surface area contributed by atoms with E-state index in [0.717, 1.165) is 25.6 Å². The van der Waals surface area contributed by atoms with Gasteiger partial charge in [-0.1, -0.05) is 19.4 Å². The predicted molar refractivity (Wildman–Crippen MR) is 76.7 cm³/mol. The normalized spacial score (nSPS) is 11.6. The summed E-state index contributed by atoms with van der Waals surface area (Å²) in [7, 11) is 2.10. The molecule has 0 unspecified atom stereocenters. The Morgan fingerprint density at radius 3 is 2.88 bits per heavy atom. The van der Waals surface area contributed by atoms with E-state index in [1.165, 1.54) is 17.7 Å². The Balaban J connectivity index is 2.54. The summed E-state index contributed by atoms with van der Waals surface area (Å²) < 4.78 is 0. The minimum atomic E-state index is 0.774. The molecule has 0 radical (unpaired) electrons. The molecule has 0 aromatic carbocycles. The molecule has 1 aromatic rings. The number of nitrogens with one attached hydrogen (secondary N) is 1. The molecule has 0 atom stereocenters. The smallest absolute Gasteiger partial charge is 0.194 e. The van der Waals surface area contributed by atoms with Crippen LogP contribution in [0.2, 0.25) is 0 Å². The van der Waals surface area contributed by atoms with Gasteiger partial charge in [-0.15, -0.1) is 11.3 Å². The van der Waals surface area contributed by atoms with Gasteiger partial charge < -0.3 is 10.2 Å². The van der Waals surface area contributed by atoms with Crippen LogP contribution in [0, 0.1) is 0 Å². The van der Waals surface area contributed by atoms with E-state index in [9.17, 15) is 0 Å². The standard InChI is InChI=1S/C13H23N3S/c1-4-6-9-16(3)13(14-5-2)15-11-12-8-7-10-17-12/h7-8,10H,4-6,9,11H2,1-3H3,(H,14,15). The van der Waals surface area contributed by atoms with Crippen molar-refractivity contribution in [3.8, 4) is 0 Å². The second kappa shape index (κ2) is 8.12. The van der Waals surface area contributed by atoms with Gasteiger partial charge in [0.1, 0.15) is 0 Å². The molecule has 1 N–H and O–H groups in total. The van der Waals surface area contributed by atoms with Crippen molar-refractivity contribution in [2.45, 2.75) is 33.2 Å². The summed E-state index contributed by atoms with van der Waals surface area (Å²) in [6.45, 7) is 7.07. The first-order chi connectivity index (χ1) is 8.27. The number of hydrogen-bond donors (Lipinski definition) is 1. The van der Waals surface area contributed by atoms with Gasteiger partial charge in [-0.05, 0) is 24.8 Å². The second-order valence-corrected chi connectivity index (χ2v) is 5.06. The number of rotatable bonds is 6. The summed E-state index contributed by atoms with van der Waals surface area (Å²) in [5.74, 6) is 1.01. The predicted octanol–water partition coefficient (Wildman–Crippen LogP) is 2.95. The number of aliphatic imine (C=N–C) groups is 1. The van der Waals surface area contributed by atoms with Gasteiger partial charge in [0.15, 0.2) is 5.96 Å². The number of unbranched alkanes of at least 4 members (excludes halogenated alkanes) is 1. The van der Waals surface area contributed by atoms with Gasteiger partial charge in [0.2, 0.25) is 0 Å². The number of thiophene rings is 1. The minimum absolute atomic E-state index is 0.774. The Labute approximate surface area is 109 Å². The average molecular weight is 253 g/mol. The van der Waals surface area contributed by atoms with Crippen LogP contribution in [0.5, 0.6) is 0 Å². The fourth-order valence-corrected chi connectivity index (χ4v) is 2.15. The molecule has 0 spiro atoms. The minimum Gasteiger partial charge on any atom is -0.357 e. The zero-order chi connectivity index (χ0) is 12.5. The third kappa shape index (κ3) is 5.22. The fraction of sp³-hybridized carbons (Fsp3) is 0.615. The Bertz CT molecular complexity index is 319. The number of hydrogen-bond acceptors (Lipinski definition) is 2. The first-order valence-corrected chi connectivity index (χ1v) is 7.17. The quantitative estimate of drug-likeness (QED) is 0.623. The molecule has 1 heterocycles. The lowest BCUT2D eigenvalue weighted by Gasteiger charge is -2.21. The highest BCUT2D eigenvalue weighted by atomic mass is 32.1. The summed E-state index contributed by atoms with van der Waals surface area (Å²) in [6, 6.07) is 4.20. The van der Waals surface area contributed by atoms with Gasteiger partial charge in [0.05, 0.1) is 6.54 Å². The van der Waals surface area contributed by atoms with Crippen molar-refractivity contribution in [3.63, 3.8) is 0 Å². The van der Waals surface area contributed by atoms with Gasteiger partial charge in [-0.2, -0.15) is 0 Å². The molecule has 0 aliphatic rings. The largest absolute Gasteiger partial charge is 0.357 e. The molecule has 1 rings (SSSR count). The van der Waals surface area contributed by atoms with E-state index in [0.29, 0.717) is 0 Å². The summed E-state index contributed by atoms with van der Waals surface area (Å²) in [6.07, 6.45) is 2.43. The summed E-state index contributed by atoms with van der Waals surface area (Å²) in [5, 5.41) is 5.43. The number of guanidine groups is 1. The van der Waals surface area contributed by atoms with E-state index < -0.39 is 0 Å². The highest BCUT2D eigenvalue weighted by Crippen LogP contribution is 2.09. The highest BCUT2D eigenvalue weighted by molar-refractivity contribution is 7.09. The van der Waals surface area contributed by atoms with E-state index in [1.54, 1.807) is 11.3 Å². The highest BCUT2D eigenvalue weighted by Gasteiger charge is 2.04. The van der Waals surface area contributed by atoms with Gasteiger partial charge in [-0.3, -0.25) is 0 Å². The zero-order valence-corrected chi connectivity index (χ0v) is 11.9. The van der Waals surface area contributed by atoms with Crippen LogP contribution in [0.25, 0.3) is 0 Å². The van der Waals surface area contributed by atoms with Crippen LogP contribution < -0.4 is 5.32 Å². The van der Waals surface area contributed by atoms with Gasteiger partial charge in [-0.25, -0.2) is 4.99 Å². The van der Waals surface area contributed by atoms with Crippen molar-refractivity contribution < 1.29 is 0 Å². The van der Waals surface area contributed by atoms with Crippen molar-refractivity contribution in [1.82, 2.24) is 10.2 Å². The summed E-state index contributed by atoms with van der Waals surface area (Å²) in [5.41, 5.74) is 0. The molecule has 96 valence electrons. The average Bonchev–Trinajstić information content (AvgIpc) is 2.84. The van der Waals surface area contributed by atoms with E-state index in [4.69, 9.17) is 0 Å². The van der Waals surface area contributed by atoms with E-state index in [-0.39, 0.29) is 0 Å². The van der Waals surface area contributed by atoms with Crippen molar-refractivity contribution in [1.29, 1.82) is 0 Å². The zero-order valence-electron chi connectivity index (χ0n) is 11.1. The molecule has 0 bridgehead atoms. The fourth-order valence-electron chi connectivity index (χ4n) is 1.53. The van der Waals surface area contributed by atoms with E-state index in [2.05, 4.69) is 53.6 Å². The van der Waals surface area contributed by atoms with Crippen molar-refractivity contribution >= 4 is 17.3 Å². The molecule has 17 heavy (non-hydrogen) atoms. The molecule has 4 heteroatoms. The van der Waals surface area contributed by atoms with Crippen LogP contribution >= 0.6 is 11.3 Å². The van der Waals surface area contributed by atoms with Crippen LogP contribution in [0.1, 0.15) is 31.6 Å². The maximum absolute atomic E-state index is 4.65. The first kappa shape index (κ1) is 14.0.